The van der Waals surface area contributed by atoms with Gasteiger partial charge in [0.15, 0.2) is 0 Å². The van der Waals surface area contributed by atoms with Crippen molar-refractivity contribution in [1.29, 1.82) is 0 Å². The molecule has 1 aromatic carbocycles. The molecule has 0 aliphatic heterocycles. The summed E-state index contributed by atoms with van der Waals surface area (Å²) < 4.78 is 15.0. The first-order valence-corrected chi connectivity index (χ1v) is 11.6. The first kappa shape index (κ1) is 21.3. The van der Waals surface area contributed by atoms with E-state index in [0.29, 0.717) is 23.7 Å². The van der Waals surface area contributed by atoms with Gasteiger partial charge >= 0.3 is 0 Å². The third kappa shape index (κ3) is 4.37. The second kappa shape index (κ2) is 9.13. The van der Waals surface area contributed by atoms with Crippen molar-refractivity contribution in [2.24, 2.45) is 0 Å². The molecule has 170 valence electrons. The number of hydrogen-bond donors (Lipinski definition) is 2. The summed E-state index contributed by atoms with van der Waals surface area (Å²) in [6.45, 7) is 3.06. The fraction of sp³-hybridized carbons (Fsp3) is 0.360. The largest absolute Gasteiger partial charge is 0.368 e. The van der Waals surface area contributed by atoms with Gasteiger partial charge in [0.05, 0.1) is 11.2 Å². The first-order valence-electron chi connectivity index (χ1n) is 11.6. The maximum absolute atomic E-state index is 13.4. The Labute approximate surface area is 192 Å². The van der Waals surface area contributed by atoms with Crippen molar-refractivity contribution in [3.63, 3.8) is 0 Å². The Bertz CT molecular complexity index is 1250. The average Bonchev–Trinajstić information content (AvgIpc) is 3.49. The van der Waals surface area contributed by atoms with Crippen molar-refractivity contribution in [3.05, 3.63) is 65.9 Å². The number of fused-ring (bicyclic) bond motifs is 1. The molecule has 3 aromatic heterocycles. The van der Waals surface area contributed by atoms with E-state index < -0.39 is 0 Å². The van der Waals surface area contributed by atoms with Crippen LogP contribution < -0.4 is 11.1 Å². The summed E-state index contributed by atoms with van der Waals surface area (Å²) in [6, 6.07) is 10.4. The number of unbranched alkanes of at least 4 members (excludes halogenated alkanes) is 1. The topological polar surface area (TPSA) is 94.0 Å². The van der Waals surface area contributed by atoms with Crippen molar-refractivity contribution in [1.82, 2.24) is 24.6 Å². The molecule has 1 fully saturated rings. The molecule has 1 aliphatic rings. The Morgan fingerprint density at radius 3 is 2.76 bits per heavy atom. The monoisotopic (exact) mass is 445 g/mol. The lowest BCUT2D eigenvalue weighted by molar-refractivity contribution is 0.628. The maximum Gasteiger partial charge on any atom is 0.222 e. The zero-order valence-corrected chi connectivity index (χ0v) is 18.7. The summed E-state index contributed by atoms with van der Waals surface area (Å²) in [7, 11) is 0. The molecule has 2 atom stereocenters. The normalized spacial score (nSPS) is 18.1. The summed E-state index contributed by atoms with van der Waals surface area (Å²) in [5.74, 6) is 1.50. The highest BCUT2D eigenvalue weighted by Crippen LogP contribution is 2.44. The molecule has 3 heterocycles. The summed E-state index contributed by atoms with van der Waals surface area (Å²) in [4.78, 5) is 13.6. The minimum absolute atomic E-state index is 0.269. The van der Waals surface area contributed by atoms with Crippen LogP contribution in [-0.4, -0.2) is 31.1 Å². The van der Waals surface area contributed by atoms with Crippen molar-refractivity contribution in [2.75, 3.05) is 17.6 Å². The van der Waals surface area contributed by atoms with Gasteiger partial charge in [0, 0.05) is 36.1 Å². The quantitative estimate of drug-likeness (QED) is 0.381. The van der Waals surface area contributed by atoms with E-state index in [1.54, 1.807) is 16.6 Å². The minimum atomic E-state index is -0.269. The number of rotatable bonds is 7. The standard InChI is InChI=1S/C25H28FN7/c1-2-3-11-28-25-29-12-10-21(31-25)18-5-4-17(13-18)20-15-30-24(27)33-23(20)14-22(32-33)16-6-8-19(26)9-7-16/h6-10,12,14-15,17-18H,2-5,11,13H2,1H3,(H2,27,30)(H,28,29,31). The summed E-state index contributed by atoms with van der Waals surface area (Å²) in [6.07, 6.45) is 9.06. The first-order chi connectivity index (χ1) is 16.1. The van der Waals surface area contributed by atoms with Crippen LogP contribution in [0.4, 0.5) is 16.3 Å². The van der Waals surface area contributed by atoms with E-state index in [0.717, 1.165) is 66.7 Å². The molecule has 0 spiro atoms. The number of anilines is 2. The number of aromatic nitrogens is 5. The van der Waals surface area contributed by atoms with E-state index in [4.69, 9.17) is 10.7 Å². The Kier molecular flexibility index (Phi) is 5.90. The van der Waals surface area contributed by atoms with Crippen LogP contribution in [0.2, 0.25) is 0 Å². The zero-order chi connectivity index (χ0) is 22.8. The van der Waals surface area contributed by atoms with Gasteiger partial charge in [0.1, 0.15) is 5.82 Å². The van der Waals surface area contributed by atoms with Crippen LogP contribution in [-0.2, 0) is 0 Å². The number of nitrogens with two attached hydrogens (primary N) is 1. The Morgan fingerprint density at radius 2 is 1.94 bits per heavy atom. The molecule has 3 N–H and O–H groups in total. The van der Waals surface area contributed by atoms with Gasteiger partial charge in [-0.05, 0) is 73.6 Å². The van der Waals surface area contributed by atoms with Crippen LogP contribution in [0.15, 0.2) is 48.8 Å². The molecular formula is C25H28FN7. The number of hydrogen-bond acceptors (Lipinski definition) is 6. The number of halogens is 1. The minimum Gasteiger partial charge on any atom is -0.368 e. The van der Waals surface area contributed by atoms with Crippen LogP contribution in [0.5, 0.6) is 0 Å². The number of nitrogens with zero attached hydrogens (tertiary/aromatic N) is 5. The molecule has 0 bridgehead atoms. The second-order valence-electron chi connectivity index (χ2n) is 8.70. The predicted octanol–water partition coefficient (Wildman–Crippen LogP) is 5.17. The van der Waals surface area contributed by atoms with E-state index in [1.165, 1.54) is 12.1 Å². The molecule has 0 radical (unpaired) electrons. The van der Waals surface area contributed by atoms with Crippen LogP contribution in [0, 0.1) is 5.82 Å². The van der Waals surface area contributed by atoms with E-state index in [9.17, 15) is 4.39 Å². The third-order valence-corrected chi connectivity index (χ3v) is 6.48. The van der Waals surface area contributed by atoms with Gasteiger partial charge in [-0.1, -0.05) is 13.3 Å². The highest BCUT2D eigenvalue weighted by Gasteiger charge is 2.30. The number of nitrogen functional groups attached to an aromatic ring is 1. The molecule has 0 saturated heterocycles. The van der Waals surface area contributed by atoms with Crippen LogP contribution in [0.25, 0.3) is 16.8 Å². The van der Waals surface area contributed by atoms with E-state index in [1.807, 2.05) is 24.5 Å². The van der Waals surface area contributed by atoms with Gasteiger partial charge in [-0.2, -0.15) is 9.61 Å². The highest BCUT2D eigenvalue weighted by molar-refractivity contribution is 5.69. The van der Waals surface area contributed by atoms with E-state index in [-0.39, 0.29) is 5.82 Å². The van der Waals surface area contributed by atoms with Crippen molar-refractivity contribution >= 4 is 17.4 Å². The summed E-state index contributed by atoms with van der Waals surface area (Å²) >= 11 is 0. The van der Waals surface area contributed by atoms with Gasteiger partial charge in [-0.3, -0.25) is 0 Å². The molecule has 4 aromatic rings. The molecule has 0 amide bonds. The van der Waals surface area contributed by atoms with E-state index in [2.05, 4.69) is 27.3 Å². The average molecular weight is 446 g/mol. The van der Waals surface area contributed by atoms with Crippen molar-refractivity contribution in [3.8, 4) is 11.3 Å². The highest BCUT2D eigenvalue weighted by atomic mass is 19.1. The van der Waals surface area contributed by atoms with Gasteiger partial charge in [-0.25, -0.2) is 19.3 Å². The molecule has 8 heteroatoms. The van der Waals surface area contributed by atoms with Crippen LogP contribution >= 0.6 is 0 Å². The smallest absolute Gasteiger partial charge is 0.222 e. The van der Waals surface area contributed by atoms with Crippen LogP contribution in [0.1, 0.15) is 62.1 Å². The van der Waals surface area contributed by atoms with Gasteiger partial charge in [0.25, 0.3) is 0 Å². The maximum atomic E-state index is 13.4. The van der Waals surface area contributed by atoms with Crippen LogP contribution in [0.3, 0.4) is 0 Å². The SMILES string of the molecule is CCCCNc1nccc(C2CCC(c3cnc(N)n4nc(-c5ccc(F)cc5)cc34)C2)n1. The lowest BCUT2D eigenvalue weighted by Crippen LogP contribution is -2.08. The van der Waals surface area contributed by atoms with Gasteiger partial charge in [-0.15, -0.1) is 0 Å². The zero-order valence-electron chi connectivity index (χ0n) is 18.7. The Morgan fingerprint density at radius 1 is 1.12 bits per heavy atom. The fourth-order valence-corrected chi connectivity index (χ4v) is 4.69. The van der Waals surface area contributed by atoms with Gasteiger partial charge in [0.2, 0.25) is 11.9 Å². The number of benzene rings is 1. The van der Waals surface area contributed by atoms with Crippen molar-refractivity contribution in [2.45, 2.75) is 50.9 Å². The van der Waals surface area contributed by atoms with Crippen molar-refractivity contribution < 1.29 is 4.39 Å². The Balaban J connectivity index is 1.39. The van der Waals surface area contributed by atoms with E-state index >= 15 is 0 Å². The third-order valence-electron chi connectivity index (χ3n) is 6.48. The number of nitrogens with one attached hydrogen (secondary N) is 1. The second-order valence-corrected chi connectivity index (χ2v) is 8.70. The molecule has 7 nitrogen and oxygen atoms in total. The molecular weight excluding hydrogens is 417 g/mol. The Hall–Kier alpha value is -3.55. The molecule has 5 rings (SSSR count). The molecule has 33 heavy (non-hydrogen) atoms. The lowest BCUT2D eigenvalue weighted by atomic mass is 9.95. The lowest BCUT2D eigenvalue weighted by Gasteiger charge is -2.14. The summed E-state index contributed by atoms with van der Waals surface area (Å²) in [5.41, 5.74) is 10.9. The predicted molar refractivity (Wildman–Crippen MR) is 128 cm³/mol. The van der Waals surface area contributed by atoms with Gasteiger partial charge < -0.3 is 11.1 Å². The summed E-state index contributed by atoms with van der Waals surface area (Å²) in [5, 5.41) is 7.97. The molecule has 1 aliphatic carbocycles. The fourth-order valence-electron chi connectivity index (χ4n) is 4.69. The molecule has 1 saturated carbocycles. The molecule has 2 unspecified atom stereocenters.